The minimum Gasteiger partial charge on any atom is -0.478 e. The molecule has 4 nitrogen and oxygen atoms in total. The molecule has 1 aromatic carbocycles. The molecule has 1 heterocycles. The molecule has 0 saturated carbocycles. The molecule has 0 unspecified atom stereocenters. The van der Waals surface area contributed by atoms with E-state index in [-0.39, 0.29) is 5.56 Å². The van der Waals surface area contributed by atoms with E-state index in [2.05, 4.69) is 21.0 Å². The Morgan fingerprint density at radius 1 is 1.47 bits per heavy atom. The molecule has 0 aliphatic rings. The summed E-state index contributed by atoms with van der Waals surface area (Å²) in [4.78, 5) is 11.1. The first-order valence-electron chi connectivity index (χ1n) is 5.02. The van der Waals surface area contributed by atoms with Crippen LogP contribution in [0.25, 0.3) is 11.3 Å². The first-order valence-corrected chi connectivity index (χ1v) is 5.82. The predicted octanol–water partition coefficient (Wildman–Crippen LogP) is 2.86. The molecule has 0 spiro atoms. The van der Waals surface area contributed by atoms with Crippen molar-refractivity contribution in [3.05, 3.63) is 40.0 Å². The standard InChI is InChI=1S/C12H11BrN2O2/c1-7-3-4-8(13)5-9(7)11-10(12(16)17)6-15(2)14-11/h3-6H,1-2H3,(H,16,17). The third-order valence-electron chi connectivity index (χ3n) is 2.51. The number of halogens is 1. The Balaban J connectivity index is 2.67. The SMILES string of the molecule is Cc1ccc(Br)cc1-c1nn(C)cc1C(=O)O. The first-order chi connectivity index (χ1) is 7.99. The van der Waals surface area contributed by atoms with Crippen LogP contribution < -0.4 is 0 Å². The first kappa shape index (κ1) is 11.9. The van der Waals surface area contributed by atoms with E-state index in [1.165, 1.54) is 10.9 Å². The molecule has 1 aromatic heterocycles. The van der Waals surface area contributed by atoms with Crippen LogP contribution in [0.3, 0.4) is 0 Å². The molecule has 1 N–H and O–H groups in total. The molecular formula is C12H11BrN2O2. The maximum absolute atomic E-state index is 11.1. The number of carboxylic acids is 1. The van der Waals surface area contributed by atoms with Crippen molar-refractivity contribution < 1.29 is 9.90 Å². The van der Waals surface area contributed by atoms with Gasteiger partial charge in [0.1, 0.15) is 11.3 Å². The Hall–Kier alpha value is -1.62. The average molecular weight is 295 g/mol. The van der Waals surface area contributed by atoms with E-state index in [9.17, 15) is 4.79 Å². The number of carboxylic acid groups (broad SMARTS) is 1. The number of hydrogen-bond acceptors (Lipinski definition) is 2. The second kappa shape index (κ2) is 4.33. The molecule has 0 saturated heterocycles. The molecule has 0 aliphatic carbocycles. The Morgan fingerprint density at radius 3 is 2.82 bits per heavy atom. The van der Waals surface area contributed by atoms with Gasteiger partial charge in [0.25, 0.3) is 0 Å². The van der Waals surface area contributed by atoms with Crippen molar-refractivity contribution in [3.63, 3.8) is 0 Å². The number of rotatable bonds is 2. The smallest absolute Gasteiger partial charge is 0.339 e. The van der Waals surface area contributed by atoms with Crippen LogP contribution in [-0.4, -0.2) is 20.9 Å². The van der Waals surface area contributed by atoms with Crippen LogP contribution in [0, 0.1) is 6.92 Å². The molecule has 0 fully saturated rings. The summed E-state index contributed by atoms with van der Waals surface area (Å²) in [5.74, 6) is -0.965. The van der Waals surface area contributed by atoms with Crippen LogP contribution >= 0.6 is 15.9 Å². The Kier molecular flexibility index (Phi) is 3.02. The van der Waals surface area contributed by atoms with Gasteiger partial charge in [-0.25, -0.2) is 4.79 Å². The molecular weight excluding hydrogens is 284 g/mol. The highest BCUT2D eigenvalue weighted by Gasteiger charge is 2.17. The van der Waals surface area contributed by atoms with Crippen LogP contribution in [0.2, 0.25) is 0 Å². The lowest BCUT2D eigenvalue weighted by Crippen LogP contribution is -1.97. The largest absolute Gasteiger partial charge is 0.478 e. The zero-order valence-corrected chi connectivity index (χ0v) is 11.0. The number of hydrogen-bond donors (Lipinski definition) is 1. The van der Waals surface area contributed by atoms with Gasteiger partial charge >= 0.3 is 5.97 Å². The summed E-state index contributed by atoms with van der Waals surface area (Å²) in [6.07, 6.45) is 1.51. The molecule has 2 rings (SSSR count). The van der Waals surface area contributed by atoms with Gasteiger partial charge in [0, 0.05) is 23.3 Å². The number of benzene rings is 1. The monoisotopic (exact) mass is 294 g/mol. The van der Waals surface area contributed by atoms with E-state index < -0.39 is 5.97 Å². The number of carbonyl (C=O) groups is 1. The average Bonchev–Trinajstić information content (AvgIpc) is 2.64. The van der Waals surface area contributed by atoms with Crippen LogP contribution in [0.4, 0.5) is 0 Å². The maximum Gasteiger partial charge on any atom is 0.339 e. The van der Waals surface area contributed by atoms with E-state index in [1.807, 2.05) is 25.1 Å². The maximum atomic E-state index is 11.1. The minimum atomic E-state index is -0.965. The van der Waals surface area contributed by atoms with Crippen molar-refractivity contribution in [2.24, 2.45) is 7.05 Å². The molecule has 0 bridgehead atoms. The van der Waals surface area contributed by atoms with E-state index in [0.717, 1.165) is 15.6 Å². The summed E-state index contributed by atoms with van der Waals surface area (Å²) >= 11 is 3.38. The van der Waals surface area contributed by atoms with Crippen LogP contribution in [0.15, 0.2) is 28.9 Å². The number of aromatic carboxylic acids is 1. The van der Waals surface area contributed by atoms with E-state index in [4.69, 9.17) is 5.11 Å². The van der Waals surface area contributed by atoms with E-state index >= 15 is 0 Å². The zero-order chi connectivity index (χ0) is 12.6. The van der Waals surface area contributed by atoms with Crippen molar-refractivity contribution in [1.29, 1.82) is 0 Å². The van der Waals surface area contributed by atoms with Gasteiger partial charge in [-0.3, -0.25) is 4.68 Å². The number of aromatic nitrogens is 2. The van der Waals surface area contributed by atoms with Gasteiger partial charge in [-0.2, -0.15) is 5.10 Å². The van der Waals surface area contributed by atoms with Gasteiger partial charge in [0.15, 0.2) is 0 Å². The molecule has 88 valence electrons. The van der Waals surface area contributed by atoms with Crippen LogP contribution in [0.5, 0.6) is 0 Å². The lowest BCUT2D eigenvalue weighted by Gasteiger charge is -2.04. The lowest BCUT2D eigenvalue weighted by molar-refractivity contribution is 0.0697. The molecule has 0 amide bonds. The minimum absolute atomic E-state index is 0.216. The molecule has 0 atom stereocenters. The van der Waals surface area contributed by atoms with Crippen molar-refractivity contribution >= 4 is 21.9 Å². The highest BCUT2D eigenvalue weighted by Crippen LogP contribution is 2.28. The second-order valence-corrected chi connectivity index (χ2v) is 4.75. The van der Waals surface area contributed by atoms with Gasteiger partial charge in [-0.15, -0.1) is 0 Å². The fourth-order valence-electron chi connectivity index (χ4n) is 1.69. The van der Waals surface area contributed by atoms with Crippen molar-refractivity contribution in [2.45, 2.75) is 6.92 Å². The van der Waals surface area contributed by atoms with Gasteiger partial charge in [-0.1, -0.05) is 22.0 Å². The Bertz CT molecular complexity index is 590. The fourth-order valence-corrected chi connectivity index (χ4v) is 2.05. The van der Waals surface area contributed by atoms with Gasteiger partial charge < -0.3 is 5.11 Å². The molecule has 2 aromatic rings. The topological polar surface area (TPSA) is 55.1 Å². The normalized spacial score (nSPS) is 10.5. The van der Waals surface area contributed by atoms with Crippen molar-refractivity contribution in [3.8, 4) is 11.3 Å². The van der Waals surface area contributed by atoms with Crippen molar-refractivity contribution in [2.75, 3.05) is 0 Å². The van der Waals surface area contributed by atoms with E-state index in [1.54, 1.807) is 7.05 Å². The third kappa shape index (κ3) is 2.24. The zero-order valence-electron chi connectivity index (χ0n) is 9.44. The second-order valence-electron chi connectivity index (χ2n) is 3.83. The summed E-state index contributed by atoms with van der Waals surface area (Å²) < 4.78 is 2.42. The van der Waals surface area contributed by atoms with Gasteiger partial charge in [0.05, 0.1) is 0 Å². The summed E-state index contributed by atoms with van der Waals surface area (Å²) in [7, 11) is 1.71. The van der Waals surface area contributed by atoms with Gasteiger partial charge in [0.2, 0.25) is 0 Å². The molecule has 0 aliphatic heterocycles. The Labute approximate surface area is 107 Å². The number of aryl methyl sites for hydroxylation is 2. The Morgan fingerprint density at radius 2 is 2.18 bits per heavy atom. The highest BCUT2D eigenvalue weighted by molar-refractivity contribution is 9.10. The summed E-state index contributed by atoms with van der Waals surface area (Å²) in [5.41, 5.74) is 2.54. The third-order valence-corrected chi connectivity index (χ3v) is 3.01. The van der Waals surface area contributed by atoms with E-state index in [0.29, 0.717) is 5.69 Å². The predicted molar refractivity (Wildman–Crippen MR) is 68.0 cm³/mol. The summed E-state index contributed by atoms with van der Waals surface area (Å²) in [6.45, 7) is 1.93. The molecule has 0 radical (unpaired) electrons. The molecule has 5 heteroatoms. The van der Waals surface area contributed by atoms with Crippen LogP contribution in [0.1, 0.15) is 15.9 Å². The van der Waals surface area contributed by atoms with Gasteiger partial charge in [-0.05, 0) is 24.6 Å². The number of nitrogens with zero attached hydrogens (tertiary/aromatic N) is 2. The summed E-state index contributed by atoms with van der Waals surface area (Å²) in [6, 6.07) is 5.73. The highest BCUT2D eigenvalue weighted by atomic mass is 79.9. The molecule has 17 heavy (non-hydrogen) atoms. The fraction of sp³-hybridized carbons (Fsp3) is 0.167. The quantitative estimate of drug-likeness (QED) is 0.927. The van der Waals surface area contributed by atoms with Crippen LogP contribution in [-0.2, 0) is 7.05 Å². The summed E-state index contributed by atoms with van der Waals surface area (Å²) in [5, 5.41) is 13.4. The van der Waals surface area contributed by atoms with Crippen molar-refractivity contribution in [1.82, 2.24) is 9.78 Å². The lowest BCUT2D eigenvalue weighted by atomic mass is 10.0.